The van der Waals surface area contributed by atoms with Crippen molar-refractivity contribution in [2.75, 3.05) is 5.32 Å². The van der Waals surface area contributed by atoms with Crippen LogP contribution in [0.15, 0.2) is 35.2 Å². The minimum absolute atomic E-state index is 0.0319. The average Bonchev–Trinajstić information content (AvgIpc) is 3.30. The fourth-order valence-corrected chi connectivity index (χ4v) is 4.90. The van der Waals surface area contributed by atoms with Gasteiger partial charge in [0.05, 0.1) is 11.3 Å². The lowest BCUT2D eigenvalue weighted by Gasteiger charge is -2.19. The number of hydrogen-bond donors (Lipinski definition) is 3. The molecule has 1 aromatic carbocycles. The number of benzene rings is 1. The number of aromatic amines is 1. The van der Waals surface area contributed by atoms with Gasteiger partial charge in [0, 0.05) is 17.7 Å². The van der Waals surface area contributed by atoms with E-state index >= 15 is 0 Å². The highest BCUT2D eigenvalue weighted by Crippen LogP contribution is 2.52. The molecule has 0 aliphatic heterocycles. The van der Waals surface area contributed by atoms with Gasteiger partial charge < -0.3 is 5.32 Å². The number of carbonyl (C=O) groups excluding carboxylic acids is 1. The van der Waals surface area contributed by atoms with E-state index in [4.69, 9.17) is 5.14 Å². The van der Waals surface area contributed by atoms with Gasteiger partial charge in [-0.25, -0.2) is 13.6 Å². The molecule has 8 heteroatoms. The molecule has 4 N–H and O–H groups in total. The van der Waals surface area contributed by atoms with E-state index in [0.717, 1.165) is 17.5 Å². The molecule has 1 heterocycles. The summed E-state index contributed by atoms with van der Waals surface area (Å²) in [6.45, 7) is 0. The van der Waals surface area contributed by atoms with Crippen LogP contribution in [0, 0.1) is 11.8 Å². The zero-order valence-electron chi connectivity index (χ0n) is 14.3. The topological polar surface area (TPSA) is 118 Å². The highest BCUT2D eigenvalue weighted by Gasteiger charge is 2.40. The summed E-state index contributed by atoms with van der Waals surface area (Å²) < 4.78 is 22.5. The first-order valence-electron chi connectivity index (χ1n) is 8.85. The molecule has 2 bridgehead atoms. The first-order chi connectivity index (χ1) is 12.4. The molecule has 0 saturated heterocycles. The van der Waals surface area contributed by atoms with Crippen LogP contribution in [-0.4, -0.2) is 24.5 Å². The number of aromatic nitrogens is 2. The maximum absolute atomic E-state index is 12.2. The number of sulfonamides is 1. The Bertz CT molecular complexity index is 920. The Balaban J connectivity index is 1.36. The molecule has 3 unspecified atom stereocenters. The van der Waals surface area contributed by atoms with E-state index in [0.29, 0.717) is 17.3 Å². The molecular formula is C18H22N4O3S. The normalized spacial score (nSPS) is 24.7. The summed E-state index contributed by atoms with van der Waals surface area (Å²) in [4.78, 5) is 12.2. The zero-order chi connectivity index (χ0) is 18.3. The molecule has 2 saturated carbocycles. The average molecular weight is 374 g/mol. The molecular weight excluding hydrogens is 352 g/mol. The zero-order valence-corrected chi connectivity index (χ0v) is 15.1. The number of nitrogens with one attached hydrogen (secondary N) is 2. The number of carbonyl (C=O) groups is 1. The standard InChI is InChI=1S/C18H22N4O3S/c19-26(24,25)14-5-2-11(3-6-14)9-18(23)20-17-10-16(21-22-17)15-8-12-1-4-13(15)7-12/h2-3,5-6,10,12-13,15H,1,4,7-9H2,(H2,19,24,25)(H2,20,21,22,23). The van der Waals surface area contributed by atoms with Gasteiger partial charge in [0.1, 0.15) is 0 Å². The minimum atomic E-state index is -3.72. The van der Waals surface area contributed by atoms with Crippen molar-refractivity contribution >= 4 is 21.7 Å². The van der Waals surface area contributed by atoms with E-state index in [1.807, 2.05) is 6.07 Å². The fraction of sp³-hybridized carbons (Fsp3) is 0.444. The predicted octanol–water partition coefficient (Wildman–Crippen LogP) is 2.14. The Kier molecular flexibility index (Phi) is 4.32. The van der Waals surface area contributed by atoms with Crippen molar-refractivity contribution in [1.29, 1.82) is 0 Å². The van der Waals surface area contributed by atoms with Crippen molar-refractivity contribution in [3.05, 3.63) is 41.6 Å². The minimum Gasteiger partial charge on any atom is -0.309 e. The third-order valence-corrected chi connectivity index (χ3v) is 6.55. The summed E-state index contributed by atoms with van der Waals surface area (Å²) in [5.41, 5.74) is 1.82. The number of amides is 1. The second-order valence-corrected chi connectivity index (χ2v) is 8.97. The van der Waals surface area contributed by atoms with Crippen LogP contribution in [-0.2, 0) is 21.2 Å². The molecule has 138 valence electrons. The van der Waals surface area contributed by atoms with Gasteiger partial charge >= 0.3 is 0 Å². The quantitative estimate of drug-likeness (QED) is 0.743. The van der Waals surface area contributed by atoms with Crippen LogP contribution in [0.3, 0.4) is 0 Å². The molecule has 7 nitrogen and oxygen atoms in total. The van der Waals surface area contributed by atoms with E-state index in [2.05, 4.69) is 15.5 Å². The number of nitrogens with two attached hydrogens (primary N) is 1. The van der Waals surface area contributed by atoms with Gasteiger partial charge in [-0.15, -0.1) is 0 Å². The van der Waals surface area contributed by atoms with Crippen LogP contribution in [0.4, 0.5) is 5.82 Å². The number of nitrogens with zero attached hydrogens (tertiary/aromatic N) is 1. The highest BCUT2D eigenvalue weighted by atomic mass is 32.2. The second kappa shape index (κ2) is 6.51. The molecule has 2 fully saturated rings. The number of H-pyrrole nitrogens is 1. The molecule has 0 spiro atoms. The number of hydrogen-bond acceptors (Lipinski definition) is 4. The van der Waals surface area contributed by atoms with Crippen molar-refractivity contribution in [3.63, 3.8) is 0 Å². The monoisotopic (exact) mass is 374 g/mol. The molecule has 2 aliphatic rings. The predicted molar refractivity (Wildman–Crippen MR) is 96.9 cm³/mol. The van der Waals surface area contributed by atoms with Gasteiger partial charge in [-0.1, -0.05) is 18.6 Å². The lowest BCUT2D eigenvalue weighted by Crippen LogP contribution is -2.15. The summed E-state index contributed by atoms with van der Waals surface area (Å²) in [6, 6.07) is 7.92. The maximum atomic E-state index is 12.2. The summed E-state index contributed by atoms with van der Waals surface area (Å²) in [5, 5.41) is 15.2. The highest BCUT2D eigenvalue weighted by molar-refractivity contribution is 7.89. The number of fused-ring (bicyclic) bond motifs is 2. The lowest BCUT2D eigenvalue weighted by atomic mass is 9.86. The molecule has 2 aliphatic carbocycles. The molecule has 0 radical (unpaired) electrons. The van der Waals surface area contributed by atoms with Crippen molar-refractivity contribution < 1.29 is 13.2 Å². The Morgan fingerprint density at radius 1 is 1.23 bits per heavy atom. The first-order valence-corrected chi connectivity index (χ1v) is 10.4. The molecule has 4 rings (SSSR count). The Morgan fingerprint density at radius 3 is 2.62 bits per heavy atom. The molecule has 1 aromatic heterocycles. The molecule has 1 amide bonds. The Morgan fingerprint density at radius 2 is 2.00 bits per heavy atom. The molecule has 3 atom stereocenters. The van der Waals surface area contributed by atoms with Crippen LogP contribution in [0.5, 0.6) is 0 Å². The summed E-state index contributed by atoms with van der Waals surface area (Å²) in [5.74, 6) is 2.49. The van der Waals surface area contributed by atoms with E-state index in [1.165, 1.54) is 37.8 Å². The maximum Gasteiger partial charge on any atom is 0.238 e. The number of rotatable bonds is 5. The molecule has 2 aromatic rings. The van der Waals surface area contributed by atoms with Gasteiger partial charge in [0.25, 0.3) is 0 Å². The first kappa shape index (κ1) is 17.2. The van der Waals surface area contributed by atoms with Crippen LogP contribution in [0.1, 0.15) is 42.9 Å². The number of anilines is 1. The van der Waals surface area contributed by atoms with Gasteiger partial charge in [-0.2, -0.15) is 5.10 Å². The van der Waals surface area contributed by atoms with Gasteiger partial charge in [-0.3, -0.25) is 9.89 Å². The van der Waals surface area contributed by atoms with E-state index in [9.17, 15) is 13.2 Å². The van der Waals surface area contributed by atoms with Crippen molar-refractivity contribution in [3.8, 4) is 0 Å². The summed E-state index contributed by atoms with van der Waals surface area (Å²) in [6.07, 6.45) is 5.32. The van der Waals surface area contributed by atoms with Gasteiger partial charge in [0.15, 0.2) is 5.82 Å². The van der Waals surface area contributed by atoms with E-state index < -0.39 is 10.0 Å². The summed E-state index contributed by atoms with van der Waals surface area (Å²) in [7, 11) is -3.72. The third-order valence-electron chi connectivity index (χ3n) is 5.62. The summed E-state index contributed by atoms with van der Waals surface area (Å²) >= 11 is 0. The second-order valence-electron chi connectivity index (χ2n) is 7.40. The van der Waals surface area contributed by atoms with Crippen LogP contribution in [0.25, 0.3) is 0 Å². The van der Waals surface area contributed by atoms with Gasteiger partial charge in [0.2, 0.25) is 15.9 Å². The Labute approximate surface area is 152 Å². The SMILES string of the molecule is NS(=O)(=O)c1ccc(CC(=O)Nc2cc(C3CC4CCC3C4)[nH]n2)cc1. The smallest absolute Gasteiger partial charge is 0.238 e. The Hall–Kier alpha value is -2.19. The van der Waals surface area contributed by atoms with E-state index in [-0.39, 0.29) is 17.2 Å². The lowest BCUT2D eigenvalue weighted by molar-refractivity contribution is -0.115. The van der Waals surface area contributed by atoms with Crippen molar-refractivity contribution in [2.45, 2.75) is 42.9 Å². The molecule has 26 heavy (non-hydrogen) atoms. The van der Waals surface area contributed by atoms with Gasteiger partial charge in [-0.05, 0) is 48.8 Å². The van der Waals surface area contributed by atoms with Crippen LogP contribution >= 0.6 is 0 Å². The largest absolute Gasteiger partial charge is 0.309 e. The van der Waals surface area contributed by atoms with Crippen LogP contribution < -0.4 is 10.5 Å². The van der Waals surface area contributed by atoms with E-state index in [1.54, 1.807) is 12.1 Å². The van der Waals surface area contributed by atoms with Crippen LogP contribution in [0.2, 0.25) is 0 Å². The fourth-order valence-electron chi connectivity index (χ4n) is 4.39. The third kappa shape index (κ3) is 3.52. The van der Waals surface area contributed by atoms with Crippen molar-refractivity contribution in [2.24, 2.45) is 17.0 Å². The van der Waals surface area contributed by atoms with Crippen molar-refractivity contribution in [1.82, 2.24) is 10.2 Å². The number of primary sulfonamides is 1.